The van der Waals surface area contributed by atoms with Crippen LogP contribution in [0.4, 0.5) is 4.79 Å². The molecule has 20 heavy (non-hydrogen) atoms. The van der Waals surface area contributed by atoms with Crippen molar-refractivity contribution in [2.45, 2.75) is 46.1 Å². The van der Waals surface area contributed by atoms with Crippen LogP contribution in [0.15, 0.2) is 29.4 Å². The van der Waals surface area contributed by atoms with Crippen molar-refractivity contribution in [2.75, 3.05) is 0 Å². The fourth-order valence-electron chi connectivity index (χ4n) is 1.49. The van der Waals surface area contributed by atoms with Gasteiger partial charge in [0.05, 0.1) is 6.10 Å². The van der Waals surface area contributed by atoms with E-state index in [9.17, 15) is 4.79 Å². The number of amidine groups is 1. The Bertz CT molecular complexity index is 485. The summed E-state index contributed by atoms with van der Waals surface area (Å²) < 4.78 is 4.78. The molecule has 0 aliphatic carbocycles. The summed E-state index contributed by atoms with van der Waals surface area (Å²) in [4.78, 5) is 15.7. The lowest BCUT2D eigenvalue weighted by molar-refractivity contribution is 0.0362. The minimum atomic E-state index is -0.866. The van der Waals surface area contributed by atoms with Crippen molar-refractivity contribution in [1.82, 2.24) is 0 Å². The van der Waals surface area contributed by atoms with Crippen LogP contribution < -0.4 is 5.73 Å². The lowest BCUT2D eigenvalue weighted by Crippen LogP contribution is -2.17. The van der Waals surface area contributed by atoms with Crippen molar-refractivity contribution < 1.29 is 14.4 Å². The van der Waals surface area contributed by atoms with Crippen molar-refractivity contribution in [3.05, 3.63) is 35.4 Å². The molecule has 0 atom stereocenters. The number of nitrogens with zero attached hydrogens (tertiary/aromatic N) is 1. The summed E-state index contributed by atoms with van der Waals surface area (Å²) in [5, 5.41) is 3.56. The van der Waals surface area contributed by atoms with Crippen LogP contribution >= 0.6 is 0 Å². The summed E-state index contributed by atoms with van der Waals surface area (Å²) in [6.07, 6.45) is -1.13. The standard InChI is InChI=1S/C15H22N2O3/c1-10(2)19-14(18)20-17-13(16)11-6-8-12(9-7-11)15(3,4)5/h6-10H,1-5H3,(H2,16,17). The monoisotopic (exact) mass is 278 g/mol. The fraction of sp³-hybridized carbons (Fsp3) is 0.467. The highest BCUT2D eigenvalue weighted by Gasteiger charge is 2.13. The third-order valence-electron chi connectivity index (χ3n) is 2.60. The van der Waals surface area contributed by atoms with Crippen LogP contribution in [-0.4, -0.2) is 18.1 Å². The van der Waals surface area contributed by atoms with Gasteiger partial charge in [0, 0.05) is 5.56 Å². The maximum Gasteiger partial charge on any atom is 0.535 e. The maximum atomic E-state index is 11.2. The molecule has 5 heteroatoms. The van der Waals surface area contributed by atoms with Crippen LogP contribution in [0.3, 0.4) is 0 Å². The smallest absolute Gasteiger partial charge is 0.430 e. The van der Waals surface area contributed by atoms with Gasteiger partial charge in [0.1, 0.15) is 0 Å². The van der Waals surface area contributed by atoms with Crippen LogP contribution in [0.5, 0.6) is 0 Å². The van der Waals surface area contributed by atoms with Gasteiger partial charge in [-0.3, -0.25) is 4.84 Å². The van der Waals surface area contributed by atoms with E-state index in [1.165, 1.54) is 5.56 Å². The average Bonchev–Trinajstić information content (AvgIpc) is 2.34. The second-order valence-corrected chi connectivity index (χ2v) is 5.81. The second-order valence-electron chi connectivity index (χ2n) is 5.81. The number of benzene rings is 1. The fourth-order valence-corrected chi connectivity index (χ4v) is 1.49. The molecule has 0 spiro atoms. The quantitative estimate of drug-likeness (QED) is 0.303. The molecule has 0 saturated heterocycles. The molecule has 5 nitrogen and oxygen atoms in total. The summed E-state index contributed by atoms with van der Waals surface area (Å²) in [5.41, 5.74) is 7.70. The van der Waals surface area contributed by atoms with Crippen molar-refractivity contribution in [2.24, 2.45) is 10.9 Å². The molecule has 2 N–H and O–H groups in total. The average molecular weight is 278 g/mol. The highest BCUT2D eigenvalue weighted by Crippen LogP contribution is 2.22. The Kier molecular flexibility index (Phi) is 5.13. The number of hydrogen-bond acceptors (Lipinski definition) is 4. The first-order valence-electron chi connectivity index (χ1n) is 6.52. The highest BCUT2D eigenvalue weighted by molar-refractivity contribution is 5.97. The normalized spacial score (nSPS) is 12.4. The molecular formula is C15H22N2O3. The van der Waals surface area contributed by atoms with Gasteiger partial charge in [0.15, 0.2) is 5.84 Å². The number of rotatable bonds is 3. The number of nitrogens with two attached hydrogens (primary N) is 1. The Morgan fingerprint density at radius 1 is 1.20 bits per heavy atom. The van der Waals surface area contributed by atoms with Crippen LogP contribution in [0.25, 0.3) is 0 Å². The first-order chi connectivity index (χ1) is 9.20. The molecule has 0 unspecified atom stereocenters. The van der Waals surface area contributed by atoms with Gasteiger partial charge >= 0.3 is 6.16 Å². The van der Waals surface area contributed by atoms with Crippen LogP contribution in [0.1, 0.15) is 45.7 Å². The summed E-state index contributed by atoms with van der Waals surface area (Å²) >= 11 is 0. The lowest BCUT2D eigenvalue weighted by atomic mass is 9.87. The van der Waals surface area contributed by atoms with E-state index >= 15 is 0 Å². The topological polar surface area (TPSA) is 73.9 Å². The van der Waals surface area contributed by atoms with Gasteiger partial charge in [-0.2, -0.15) is 0 Å². The van der Waals surface area contributed by atoms with Crippen molar-refractivity contribution >= 4 is 12.0 Å². The van der Waals surface area contributed by atoms with Gasteiger partial charge in [-0.05, 0) is 24.8 Å². The van der Waals surface area contributed by atoms with E-state index in [4.69, 9.17) is 10.5 Å². The lowest BCUT2D eigenvalue weighted by Gasteiger charge is -2.18. The number of ether oxygens (including phenoxy) is 1. The molecular weight excluding hydrogens is 256 g/mol. The third-order valence-corrected chi connectivity index (χ3v) is 2.60. The number of hydrogen-bond donors (Lipinski definition) is 1. The van der Waals surface area contributed by atoms with Gasteiger partial charge in [-0.1, -0.05) is 50.2 Å². The highest BCUT2D eigenvalue weighted by atomic mass is 16.8. The minimum absolute atomic E-state index is 0.0714. The maximum absolute atomic E-state index is 11.2. The SMILES string of the molecule is CC(C)OC(=O)O/N=C(\N)c1ccc(C(C)(C)C)cc1. The summed E-state index contributed by atoms with van der Waals surface area (Å²) in [5.74, 6) is 0.131. The Hall–Kier alpha value is -2.04. The van der Waals surface area contributed by atoms with Crippen LogP contribution in [-0.2, 0) is 15.0 Å². The predicted molar refractivity (Wildman–Crippen MR) is 78.6 cm³/mol. The van der Waals surface area contributed by atoms with E-state index in [0.29, 0.717) is 5.56 Å². The molecule has 0 saturated carbocycles. The first kappa shape index (κ1) is 16.0. The summed E-state index contributed by atoms with van der Waals surface area (Å²) in [6, 6.07) is 7.64. The van der Waals surface area contributed by atoms with E-state index in [0.717, 1.165) is 0 Å². The number of carbonyl (C=O) groups is 1. The van der Waals surface area contributed by atoms with Crippen LogP contribution in [0, 0.1) is 0 Å². The number of carbonyl (C=O) groups excluding carboxylic acids is 1. The molecule has 0 fully saturated rings. The van der Waals surface area contributed by atoms with Gasteiger partial charge in [0.25, 0.3) is 0 Å². The van der Waals surface area contributed by atoms with Gasteiger partial charge in [-0.25, -0.2) is 4.79 Å². The zero-order valence-corrected chi connectivity index (χ0v) is 12.6. The Morgan fingerprint density at radius 2 is 1.75 bits per heavy atom. The molecule has 0 radical (unpaired) electrons. The third kappa shape index (κ3) is 4.91. The molecule has 0 bridgehead atoms. The van der Waals surface area contributed by atoms with Crippen molar-refractivity contribution in [3.8, 4) is 0 Å². The first-order valence-corrected chi connectivity index (χ1v) is 6.52. The zero-order chi connectivity index (χ0) is 15.3. The Balaban J connectivity index is 2.72. The van der Waals surface area contributed by atoms with Crippen LogP contribution in [0.2, 0.25) is 0 Å². The largest absolute Gasteiger partial charge is 0.535 e. The molecule has 110 valence electrons. The predicted octanol–water partition coefficient (Wildman–Crippen LogP) is 3.17. The molecule has 0 amide bonds. The van der Waals surface area contributed by atoms with E-state index in [1.54, 1.807) is 13.8 Å². The number of oxime groups is 1. The molecule has 0 aromatic heterocycles. The van der Waals surface area contributed by atoms with Crippen molar-refractivity contribution in [3.63, 3.8) is 0 Å². The van der Waals surface area contributed by atoms with Crippen molar-refractivity contribution in [1.29, 1.82) is 0 Å². The molecule has 0 heterocycles. The van der Waals surface area contributed by atoms with E-state index in [2.05, 4.69) is 30.8 Å². The second kappa shape index (κ2) is 6.41. The van der Waals surface area contributed by atoms with E-state index in [1.807, 2.05) is 24.3 Å². The van der Waals surface area contributed by atoms with E-state index in [-0.39, 0.29) is 17.4 Å². The summed E-state index contributed by atoms with van der Waals surface area (Å²) in [7, 11) is 0. The van der Waals surface area contributed by atoms with Gasteiger partial charge < -0.3 is 10.5 Å². The van der Waals surface area contributed by atoms with Gasteiger partial charge in [-0.15, -0.1) is 0 Å². The zero-order valence-electron chi connectivity index (χ0n) is 12.6. The molecule has 0 aliphatic heterocycles. The summed E-state index contributed by atoms with van der Waals surface area (Å²) in [6.45, 7) is 9.83. The molecule has 0 aliphatic rings. The molecule has 1 rings (SSSR count). The molecule has 1 aromatic rings. The van der Waals surface area contributed by atoms with E-state index < -0.39 is 6.16 Å². The molecule has 1 aromatic carbocycles. The minimum Gasteiger partial charge on any atom is -0.430 e. The van der Waals surface area contributed by atoms with Gasteiger partial charge in [0.2, 0.25) is 0 Å². The Labute approximate surface area is 119 Å². The Morgan fingerprint density at radius 3 is 2.20 bits per heavy atom.